The molecule has 0 bridgehead atoms. The first-order valence-electron chi connectivity index (χ1n) is 8.82. The molecule has 29 heavy (non-hydrogen) atoms. The number of aryl methyl sites for hydroxylation is 2. The molecule has 1 aromatic carbocycles. The van der Waals surface area contributed by atoms with Crippen molar-refractivity contribution in [1.82, 2.24) is 15.1 Å². The van der Waals surface area contributed by atoms with Crippen LogP contribution in [0.2, 0.25) is 0 Å². The Labute approximate surface area is 166 Å². The van der Waals surface area contributed by atoms with Crippen molar-refractivity contribution in [3.8, 4) is 0 Å². The van der Waals surface area contributed by atoms with Crippen LogP contribution in [0.1, 0.15) is 27.4 Å². The Morgan fingerprint density at radius 1 is 1.14 bits per heavy atom. The van der Waals surface area contributed by atoms with Gasteiger partial charge in [0, 0.05) is 18.1 Å². The van der Waals surface area contributed by atoms with Gasteiger partial charge in [0.15, 0.2) is 6.61 Å². The second-order valence-corrected chi connectivity index (χ2v) is 6.35. The number of anilines is 1. The number of hydrogen-bond acceptors (Lipinski definition) is 6. The predicted molar refractivity (Wildman–Crippen MR) is 103 cm³/mol. The van der Waals surface area contributed by atoms with Crippen molar-refractivity contribution in [2.45, 2.75) is 20.4 Å². The lowest BCUT2D eigenvalue weighted by atomic mass is 10.1. The molecule has 0 spiro atoms. The molecule has 0 fully saturated rings. The van der Waals surface area contributed by atoms with Crippen LogP contribution >= 0.6 is 0 Å². The van der Waals surface area contributed by atoms with E-state index in [2.05, 4.69) is 15.7 Å². The number of nitrogens with one attached hydrogen (secondary N) is 2. The van der Waals surface area contributed by atoms with Gasteiger partial charge in [0.2, 0.25) is 5.76 Å². The van der Waals surface area contributed by atoms with Gasteiger partial charge in [-0.3, -0.25) is 14.8 Å². The van der Waals surface area contributed by atoms with Gasteiger partial charge in [0.1, 0.15) is 5.76 Å². The van der Waals surface area contributed by atoms with E-state index in [9.17, 15) is 14.4 Å². The standard InChI is InChI=1S/C20H20N4O5/c1-13-4-5-15(10-14(13)2)22-20(27)23-18(25)12-28-19(26)17-7-6-16(29-17)11-24-9-3-8-21-24/h3-10H,11-12H2,1-2H3,(H2,22,23,25,27). The monoisotopic (exact) mass is 396 g/mol. The van der Waals surface area contributed by atoms with Gasteiger partial charge in [0.05, 0.1) is 6.54 Å². The molecule has 0 aliphatic carbocycles. The second kappa shape index (κ2) is 8.87. The van der Waals surface area contributed by atoms with Gasteiger partial charge in [-0.25, -0.2) is 9.59 Å². The summed E-state index contributed by atoms with van der Waals surface area (Å²) >= 11 is 0. The number of esters is 1. The maximum atomic E-state index is 12.0. The summed E-state index contributed by atoms with van der Waals surface area (Å²) in [5, 5.41) is 8.68. The second-order valence-electron chi connectivity index (χ2n) is 6.35. The van der Waals surface area contributed by atoms with Gasteiger partial charge < -0.3 is 14.5 Å². The molecule has 150 valence electrons. The fraction of sp³-hybridized carbons (Fsp3) is 0.200. The zero-order chi connectivity index (χ0) is 20.8. The Hall–Kier alpha value is -3.88. The smallest absolute Gasteiger partial charge is 0.374 e. The molecule has 3 amide bonds. The quantitative estimate of drug-likeness (QED) is 0.619. The maximum Gasteiger partial charge on any atom is 0.374 e. The molecular weight excluding hydrogens is 376 g/mol. The predicted octanol–water partition coefficient (Wildman–Crippen LogP) is 2.65. The number of aromatic nitrogens is 2. The highest BCUT2D eigenvalue weighted by Crippen LogP contribution is 2.14. The first-order chi connectivity index (χ1) is 13.9. The Morgan fingerprint density at radius 3 is 2.69 bits per heavy atom. The van der Waals surface area contributed by atoms with Crippen LogP contribution in [0.5, 0.6) is 0 Å². The lowest BCUT2D eigenvalue weighted by Crippen LogP contribution is -2.37. The first-order valence-corrected chi connectivity index (χ1v) is 8.82. The van der Waals surface area contributed by atoms with Gasteiger partial charge >= 0.3 is 12.0 Å². The molecular formula is C20H20N4O5. The van der Waals surface area contributed by atoms with Gasteiger partial charge in [-0.05, 0) is 55.3 Å². The number of hydrogen-bond donors (Lipinski definition) is 2. The van der Waals surface area contributed by atoms with Crippen molar-refractivity contribution in [1.29, 1.82) is 0 Å². The van der Waals surface area contributed by atoms with E-state index in [0.29, 0.717) is 18.0 Å². The number of carbonyl (C=O) groups excluding carboxylic acids is 3. The number of ether oxygens (including phenoxy) is 1. The van der Waals surface area contributed by atoms with Crippen molar-refractivity contribution in [2.75, 3.05) is 11.9 Å². The van der Waals surface area contributed by atoms with Crippen LogP contribution in [-0.2, 0) is 16.1 Å². The maximum absolute atomic E-state index is 12.0. The average molecular weight is 396 g/mol. The van der Waals surface area contributed by atoms with Crippen LogP contribution in [-0.4, -0.2) is 34.3 Å². The summed E-state index contributed by atoms with van der Waals surface area (Å²) in [7, 11) is 0. The average Bonchev–Trinajstić information content (AvgIpc) is 3.35. The Morgan fingerprint density at radius 2 is 1.97 bits per heavy atom. The van der Waals surface area contributed by atoms with Crippen molar-refractivity contribution in [3.63, 3.8) is 0 Å². The Balaban J connectivity index is 1.44. The summed E-state index contributed by atoms with van der Waals surface area (Å²) in [4.78, 5) is 35.7. The van der Waals surface area contributed by atoms with E-state index in [4.69, 9.17) is 9.15 Å². The molecule has 2 aromatic heterocycles. The Kier molecular flexibility index (Phi) is 6.08. The number of rotatable bonds is 6. The molecule has 0 atom stereocenters. The molecule has 0 unspecified atom stereocenters. The summed E-state index contributed by atoms with van der Waals surface area (Å²) in [5.74, 6) is -1.10. The number of furan rings is 1. The zero-order valence-corrected chi connectivity index (χ0v) is 16.0. The summed E-state index contributed by atoms with van der Waals surface area (Å²) in [6.45, 7) is 3.61. The van der Waals surface area contributed by atoms with Crippen LogP contribution < -0.4 is 10.6 Å². The number of nitrogens with zero attached hydrogens (tertiary/aromatic N) is 2. The van der Waals surface area contributed by atoms with E-state index in [-0.39, 0.29) is 5.76 Å². The Bertz CT molecular complexity index is 1020. The highest BCUT2D eigenvalue weighted by molar-refractivity contribution is 6.02. The topological polar surface area (TPSA) is 115 Å². The number of carbonyl (C=O) groups is 3. The summed E-state index contributed by atoms with van der Waals surface area (Å²) in [5.41, 5.74) is 2.65. The molecule has 3 rings (SSSR count). The highest BCUT2D eigenvalue weighted by Gasteiger charge is 2.16. The summed E-state index contributed by atoms with van der Waals surface area (Å²) < 4.78 is 11.9. The summed E-state index contributed by atoms with van der Waals surface area (Å²) in [6.07, 6.45) is 3.39. The van der Waals surface area contributed by atoms with Crippen LogP contribution in [0.4, 0.5) is 10.5 Å². The molecule has 0 saturated carbocycles. The van der Waals surface area contributed by atoms with Gasteiger partial charge in [-0.2, -0.15) is 5.10 Å². The molecule has 9 nitrogen and oxygen atoms in total. The fourth-order valence-corrected chi connectivity index (χ4v) is 2.47. The van der Waals surface area contributed by atoms with Crippen LogP contribution in [0.25, 0.3) is 0 Å². The third kappa shape index (κ3) is 5.55. The van der Waals surface area contributed by atoms with E-state index in [0.717, 1.165) is 11.1 Å². The normalized spacial score (nSPS) is 10.4. The molecule has 2 N–H and O–H groups in total. The molecule has 0 saturated heterocycles. The van der Waals surface area contributed by atoms with Gasteiger partial charge in [-0.1, -0.05) is 6.07 Å². The minimum absolute atomic E-state index is 0.0421. The van der Waals surface area contributed by atoms with E-state index < -0.39 is 24.5 Å². The molecule has 0 aliphatic rings. The zero-order valence-electron chi connectivity index (χ0n) is 16.0. The minimum atomic E-state index is -0.804. The molecule has 0 radical (unpaired) electrons. The molecule has 3 aromatic rings. The molecule has 9 heteroatoms. The minimum Gasteiger partial charge on any atom is -0.452 e. The van der Waals surface area contributed by atoms with Crippen molar-refractivity contribution >= 4 is 23.6 Å². The van der Waals surface area contributed by atoms with Crippen LogP contribution in [0.15, 0.2) is 53.2 Å². The van der Waals surface area contributed by atoms with E-state index in [1.165, 1.54) is 6.07 Å². The van der Waals surface area contributed by atoms with Gasteiger partial charge in [-0.15, -0.1) is 0 Å². The largest absolute Gasteiger partial charge is 0.452 e. The lowest BCUT2D eigenvalue weighted by Gasteiger charge is -2.08. The SMILES string of the molecule is Cc1ccc(NC(=O)NC(=O)COC(=O)c2ccc(Cn3cccn3)o2)cc1C. The lowest BCUT2D eigenvalue weighted by molar-refractivity contribution is -0.123. The van der Waals surface area contributed by atoms with Crippen LogP contribution in [0, 0.1) is 13.8 Å². The third-order valence-corrected chi connectivity index (χ3v) is 4.09. The highest BCUT2D eigenvalue weighted by atomic mass is 16.5. The fourth-order valence-electron chi connectivity index (χ4n) is 2.47. The van der Waals surface area contributed by atoms with Crippen molar-refractivity contribution in [3.05, 3.63) is 71.4 Å². The first kappa shape index (κ1) is 19.9. The summed E-state index contributed by atoms with van der Waals surface area (Å²) in [6, 6.07) is 9.50. The van der Waals surface area contributed by atoms with E-state index >= 15 is 0 Å². The van der Waals surface area contributed by atoms with Crippen molar-refractivity contribution in [2.24, 2.45) is 0 Å². The van der Waals surface area contributed by atoms with Crippen LogP contribution in [0.3, 0.4) is 0 Å². The van der Waals surface area contributed by atoms with E-state index in [1.807, 2.05) is 19.9 Å². The van der Waals surface area contributed by atoms with Gasteiger partial charge in [0.25, 0.3) is 5.91 Å². The number of amides is 3. The molecule has 2 heterocycles. The number of benzene rings is 1. The van der Waals surface area contributed by atoms with E-state index in [1.54, 1.807) is 41.3 Å². The number of imide groups is 1. The molecule has 0 aliphatic heterocycles. The third-order valence-electron chi connectivity index (χ3n) is 4.09. The van der Waals surface area contributed by atoms with Crippen molar-refractivity contribution < 1.29 is 23.5 Å². The number of urea groups is 1.